The molecule has 0 unspecified atom stereocenters. The maximum absolute atomic E-state index is 11.0. The molecule has 0 bridgehead atoms. The number of hydrogen-bond donors (Lipinski definition) is 2. The van der Waals surface area contributed by atoms with Gasteiger partial charge in [0.1, 0.15) is 11.9 Å². The van der Waals surface area contributed by atoms with E-state index in [4.69, 9.17) is 25.7 Å². The van der Waals surface area contributed by atoms with Crippen molar-refractivity contribution < 1.29 is 14.6 Å². The second-order valence-electron chi connectivity index (χ2n) is 6.51. The van der Waals surface area contributed by atoms with Crippen molar-refractivity contribution in [1.82, 2.24) is 14.8 Å². The molecule has 3 N–H and O–H groups in total. The van der Waals surface area contributed by atoms with Crippen molar-refractivity contribution in [1.29, 1.82) is 0 Å². The van der Waals surface area contributed by atoms with Crippen LogP contribution in [0.1, 0.15) is 42.4 Å². The summed E-state index contributed by atoms with van der Waals surface area (Å²) in [6, 6.07) is 7.14. The first-order valence-corrected chi connectivity index (χ1v) is 8.63. The van der Waals surface area contributed by atoms with Crippen molar-refractivity contribution >= 4 is 5.97 Å². The fourth-order valence-corrected chi connectivity index (χ4v) is 3.03. The van der Waals surface area contributed by atoms with Crippen molar-refractivity contribution in [3.05, 3.63) is 41.5 Å². The van der Waals surface area contributed by atoms with Crippen molar-refractivity contribution in [2.24, 2.45) is 5.73 Å². The van der Waals surface area contributed by atoms with Crippen LogP contribution in [0.4, 0.5) is 0 Å². The predicted molar refractivity (Wildman–Crippen MR) is 92.8 cm³/mol. The first-order valence-electron chi connectivity index (χ1n) is 8.63. The maximum Gasteiger partial charge on any atom is 0.320 e. The van der Waals surface area contributed by atoms with E-state index in [1.807, 2.05) is 35.9 Å². The molecule has 1 aliphatic rings. The molecule has 0 spiro atoms. The SMILES string of the molecule is Cc1cccc(-n2nc(C3CCOCC3)nc2CC[C@H](N)C(=O)O)c1. The Labute approximate surface area is 146 Å². The molecule has 134 valence electrons. The second-order valence-corrected chi connectivity index (χ2v) is 6.51. The Morgan fingerprint density at radius 2 is 2.20 bits per heavy atom. The molecule has 0 amide bonds. The highest BCUT2D eigenvalue weighted by Crippen LogP contribution is 2.26. The number of ether oxygens (including phenoxy) is 1. The predicted octanol–water partition coefficient (Wildman–Crippen LogP) is 1.81. The third kappa shape index (κ3) is 4.24. The number of benzene rings is 1. The van der Waals surface area contributed by atoms with E-state index in [1.165, 1.54) is 0 Å². The topological polar surface area (TPSA) is 103 Å². The fourth-order valence-electron chi connectivity index (χ4n) is 3.03. The van der Waals surface area contributed by atoms with Gasteiger partial charge in [0.2, 0.25) is 0 Å². The Morgan fingerprint density at radius 3 is 2.88 bits per heavy atom. The number of hydrogen-bond acceptors (Lipinski definition) is 5. The Kier molecular flexibility index (Phi) is 5.45. The van der Waals surface area contributed by atoms with Crippen LogP contribution >= 0.6 is 0 Å². The standard InChI is InChI=1S/C18H24N4O3/c1-12-3-2-4-14(11-12)22-16(6-5-15(19)18(23)24)20-17(21-22)13-7-9-25-10-8-13/h2-4,11,13,15H,5-10,19H2,1H3,(H,23,24)/t15-/m0/s1. The van der Waals surface area contributed by atoms with Crippen LogP contribution in [0.25, 0.3) is 5.69 Å². The van der Waals surface area contributed by atoms with Gasteiger partial charge >= 0.3 is 5.97 Å². The van der Waals surface area contributed by atoms with Crippen LogP contribution in [0.3, 0.4) is 0 Å². The number of aryl methyl sites for hydroxylation is 2. The normalized spacial score (nSPS) is 16.7. The molecule has 1 fully saturated rings. The third-order valence-electron chi connectivity index (χ3n) is 4.52. The highest BCUT2D eigenvalue weighted by molar-refractivity contribution is 5.73. The summed E-state index contributed by atoms with van der Waals surface area (Å²) in [5.74, 6) is 0.852. The van der Waals surface area contributed by atoms with Gasteiger partial charge in [-0.15, -0.1) is 0 Å². The van der Waals surface area contributed by atoms with E-state index in [0.717, 1.165) is 49.0 Å². The van der Waals surface area contributed by atoms with Gasteiger partial charge < -0.3 is 15.6 Å². The lowest BCUT2D eigenvalue weighted by atomic mass is 10.00. The Bertz CT molecular complexity index is 738. The number of carbonyl (C=O) groups is 1. The third-order valence-corrected chi connectivity index (χ3v) is 4.52. The number of rotatable bonds is 6. The summed E-state index contributed by atoms with van der Waals surface area (Å²) >= 11 is 0. The van der Waals surface area contributed by atoms with Gasteiger partial charge in [0.05, 0.1) is 5.69 Å². The van der Waals surface area contributed by atoms with Gasteiger partial charge in [-0.25, -0.2) is 9.67 Å². The first-order chi connectivity index (χ1) is 12.0. The van der Waals surface area contributed by atoms with Crippen LogP contribution in [-0.2, 0) is 16.0 Å². The quantitative estimate of drug-likeness (QED) is 0.828. The van der Waals surface area contributed by atoms with Crippen LogP contribution in [-0.4, -0.2) is 45.1 Å². The maximum atomic E-state index is 11.0. The number of carboxylic acids is 1. The van der Waals surface area contributed by atoms with Gasteiger partial charge in [0, 0.05) is 25.6 Å². The van der Waals surface area contributed by atoms with Crippen LogP contribution in [0.5, 0.6) is 0 Å². The van der Waals surface area contributed by atoms with Gasteiger partial charge in [0.25, 0.3) is 0 Å². The summed E-state index contributed by atoms with van der Waals surface area (Å²) in [5.41, 5.74) is 7.72. The molecule has 25 heavy (non-hydrogen) atoms. The molecule has 0 aliphatic carbocycles. The highest BCUT2D eigenvalue weighted by atomic mass is 16.5. The van der Waals surface area contributed by atoms with Crippen molar-refractivity contribution in [3.63, 3.8) is 0 Å². The largest absolute Gasteiger partial charge is 0.480 e. The Morgan fingerprint density at radius 1 is 1.44 bits per heavy atom. The zero-order valence-corrected chi connectivity index (χ0v) is 14.4. The lowest BCUT2D eigenvalue weighted by Gasteiger charge is -2.18. The minimum absolute atomic E-state index is 0.284. The summed E-state index contributed by atoms with van der Waals surface area (Å²) in [6.07, 6.45) is 2.61. The number of carboxylic acid groups (broad SMARTS) is 1. The van der Waals surface area contributed by atoms with Gasteiger partial charge in [-0.2, -0.15) is 5.10 Å². The monoisotopic (exact) mass is 344 g/mol. The average molecular weight is 344 g/mol. The summed E-state index contributed by atoms with van der Waals surface area (Å²) in [5, 5.41) is 13.7. The zero-order valence-electron chi connectivity index (χ0n) is 14.4. The summed E-state index contributed by atoms with van der Waals surface area (Å²) in [6.45, 7) is 3.48. The van der Waals surface area contributed by atoms with Gasteiger partial charge in [0.15, 0.2) is 5.82 Å². The molecule has 2 aromatic rings. The van der Waals surface area contributed by atoms with Gasteiger partial charge in [-0.3, -0.25) is 4.79 Å². The lowest BCUT2D eigenvalue weighted by Crippen LogP contribution is -2.30. The fraction of sp³-hybridized carbons (Fsp3) is 0.500. The van der Waals surface area contributed by atoms with E-state index in [-0.39, 0.29) is 5.92 Å². The molecule has 0 radical (unpaired) electrons. The summed E-state index contributed by atoms with van der Waals surface area (Å²) in [7, 11) is 0. The number of nitrogens with two attached hydrogens (primary N) is 1. The van der Waals surface area contributed by atoms with E-state index >= 15 is 0 Å². The Hall–Kier alpha value is -2.25. The molecule has 1 aliphatic heterocycles. The minimum atomic E-state index is -0.994. The molecule has 3 rings (SSSR count). The number of nitrogens with zero attached hydrogens (tertiary/aromatic N) is 3. The average Bonchev–Trinajstić information content (AvgIpc) is 3.04. The smallest absolute Gasteiger partial charge is 0.320 e. The first kappa shape index (κ1) is 17.6. The second kappa shape index (κ2) is 7.76. The molecular weight excluding hydrogens is 320 g/mol. The van der Waals surface area contributed by atoms with E-state index in [1.54, 1.807) is 0 Å². The van der Waals surface area contributed by atoms with E-state index in [2.05, 4.69) is 0 Å². The molecule has 0 saturated carbocycles. The van der Waals surface area contributed by atoms with Crippen molar-refractivity contribution in [3.8, 4) is 5.69 Å². The number of aliphatic carboxylic acids is 1. The molecule has 7 nitrogen and oxygen atoms in total. The van der Waals surface area contributed by atoms with Crippen molar-refractivity contribution in [2.45, 2.75) is 44.6 Å². The van der Waals surface area contributed by atoms with Crippen LogP contribution < -0.4 is 5.73 Å². The Balaban J connectivity index is 1.89. The summed E-state index contributed by atoms with van der Waals surface area (Å²) < 4.78 is 7.25. The molecule has 7 heteroatoms. The molecule has 1 aromatic carbocycles. The molecular formula is C18H24N4O3. The van der Waals surface area contributed by atoms with E-state index in [9.17, 15) is 4.79 Å². The van der Waals surface area contributed by atoms with Gasteiger partial charge in [-0.05, 0) is 43.9 Å². The molecule has 1 saturated heterocycles. The van der Waals surface area contributed by atoms with Crippen LogP contribution in [0.2, 0.25) is 0 Å². The molecule has 1 aromatic heterocycles. The van der Waals surface area contributed by atoms with Crippen molar-refractivity contribution in [2.75, 3.05) is 13.2 Å². The molecule has 2 heterocycles. The lowest BCUT2D eigenvalue weighted by molar-refractivity contribution is -0.138. The minimum Gasteiger partial charge on any atom is -0.480 e. The molecule has 1 atom stereocenters. The number of aromatic nitrogens is 3. The zero-order chi connectivity index (χ0) is 17.8. The van der Waals surface area contributed by atoms with Crippen LogP contribution in [0.15, 0.2) is 24.3 Å². The van der Waals surface area contributed by atoms with Crippen LogP contribution in [0, 0.1) is 6.92 Å². The highest BCUT2D eigenvalue weighted by Gasteiger charge is 2.23. The van der Waals surface area contributed by atoms with E-state index in [0.29, 0.717) is 12.8 Å². The van der Waals surface area contributed by atoms with Gasteiger partial charge in [-0.1, -0.05) is 12.1 Å². The van der Waals surface area contributed by atoms with E-state index < -0.39 is 12.0 Å². The summed E-state index contributed by atoms with van der Waals surface area (Å²) in [4.78, 5) is 15.7.